The number of nitrogens with one attached hydrogen (secondary N) is 1. The molecule has 3 heteroatoms. The fraction of sp³-hybridized carbons (Fsp3) is 0.333. The van der Waals surface area contributed by atoms with Gasteiger partial charge >= 0.3 is 0 Å². The number of anilines is 1. The van der Waals surface area contributed by atoms with Crippen molar-refractivity contribution < 1.29 is 0 Å². The van der Waals surface area contributed by atoms with Gasteiger partial charge in [0, 0.05) is 15.2 Å². The Hall–Kier alpha value is -0.990. The van der Waals surface area contributed by atoms with Crippen molar-refractivity contribution in [3.63, 3.8) is 0 Å². The molecule has 1 aliphatic carbocycles. The molecular weight excluding hydrogens is 346 g/mol. The average molecular weight is 365 g/mol. The van der Waals surface area contributed by atoms with Crippen LogP contribution in [0.2, 0.25) is 5.02 Å². The van der Waals surface area contributed by atoms with Crippen LogP contribution in [0, 0.1) is 5.92 Å². The summed E-state index contributed by atoms with van der Waals surface area (Å²) in [7, 11) is 0. The summed E-state index contributed by atoms with van der Waals surface area (Å²) in [5.74, 6) is 0.736. The lowest BCUT2D eigenvalue weighted by molar-refractivity contribution is 0.678. The summed E-state index contributed by atoms with van der Waals surface area (Å²) < 4.78 is 1.14. The van der Waals surface area contributed by atoms with Gasteiger partial charge in [0.15, 0.2) is 0 Å². The monoisotopic (exact) mass is 363 g/mol. The topological polar surface area (TPSA) is 12.0 Å². The van der Waals surface area contributed by atoms with Gasteiger partial charge in [-0.25, -0.2) is 0 Å². The molecule has 0 spiro atoms. The molecule has 1 saturated carbocycles. The number of benzene rings is 2. The van der Waals surface area contributed by atoms with Gasteiger partial charge in [-0.2, -0.15) is 0 Å². The maximum absolute atomic E-state index is 6.01. The Morgan fingerprint density at radius 3 is 2.52 bits per heavy atom. The van der Waals surface area contributed by atoms with Crippen LogP contribution in [0.4, 0.5) is 5.69 Å². The normalized spacial score (nSPS) is 15.8. The Morgan fingerprint density at radius 1 is 1.19 bits per heavy atom. The number of hydrogen-bond acceptors (Lipinski definition) is 1. The highest BCUT2D eigenvalue weighted by Crippen LogP contribution is 2.43. The summed E-state index contributed by atoms with van der Waals surface area (Å²) in [5, 5.41) is 4.56. The van der Waals surface area contributed by atoms with E-state index in [0.717, 1.165) is 21.8 Å². The minimum absolute atomic E-state index is 0.383. The van der Waals surface area contributed by atoms with Gasteiger partial charge in [0.2, 0.25) is 0 Å². The highest BCUT2D eigenvalue weighted by Gasteiger charge is 2.32. The fourth-order valence-corrected chi connectivity index (χ4v) is 3.27. The number of rotatable bonds is 5. The van der Waals surface area contributed by atoms with Crippen LogP contribution in [-0.4, -0.2) is 0 Å². The van der Waals surface area contributed by atoms with Gasteiger partial charge in [0.25, 0.3) is 0 Å². The number of halogens is 2. The molecule has 1 unspecified atom stereocenters. The van der Waals surface area contributed by atoms with Crippen LogP contribution < -0.4 is 5.32 Å². The maximum Gasteiger partial charge on any atom is 0.0542 e. The van der Waals surface area contributed by atoms with Crippen molar-refractivity contribution in [1.29, 1.82) is 0 Å². The Bertz CT molecular complexity index is 620. The maximum atomic E-state index is 6.01. The molecule has 1 aliphatic rings. The van der Waals surface area contributed by atoms with Gasteiger partial charge in [0.1, 0.15) is 0 Å². The van der Waals surface area contributed by atoms with E-state index in [4.69, 9.17) is 11.6 Å². The average Bonchev–Trinajstić information content (AvgIpc) is 3.31. The Kier molecular flexibility index (Phi) is 4.56. The highest BCUT2D eigenvalue weighted by atomic mass is 79.9. The zero-order valence-corrected chi connectivity index (χ0v) is 14.4. The summed E-state index contributed by atoms with van der Waals surface area (Å²) >= 11 is 9.57. The first-order valence-electron chi connectivity index (χ1n) is 7.48. The van der Waals surface area contributed by atoms with Gasteiger partial charge in [-0.1, -0.05) is 46.6 Å². The van der Waals surface area contributed by atoms with Crippen LogP contribution in [0.3, 0.4) is 0 Å². The molecular formula is C18H19BrClN. The molecule has 2 aromatic carbocycles. The second-order valence-electron chi connectivity index (χ2n) is 5.67. The van der Waals surface area contributed by atoms with Crippen molar-refractivity contribution in [1.82, 2.24) is 0 Å². The first-order chi connectivity index (χ1) is 10.2. The van der Waals surface area contributed by atoms with Crippen molar-refractivity contribution in [3.8, 4) is 0 Å². The quantitative estimate of drug-likeness (QED) is 0.663. The van der Waals surface area contributed by atoms with Crippen molar-refractivity contribution >= 4 is 33.2 Å². The van der Waals surface area contributed by atoms with Gasteiger partial charge < -0.3 is 5.32 Å². The number of hydrogen-bond donors (Lipinski definition) is 1. The molecule has 110 valence electrons. The molecule has 3 rings (SSSR count). The highest BCUT2D eigenvalue weighted by molar-refractivity contribution is 9.10. The predicted octanol–water partition coefficient (Wildman–Crippen LogP) is 6.23. The van der Waals surface area contributed by atoms with Gasteiger partial charge in [-0.05, 0) is 66.6 Å². The zero-order valence-electron chi connectivity index (χ0n) is 12.1. The lowest BCUT2D eigenvalue weighted by atomic mass is 10.0. The van der Waals surface area contributed by atoms with E-state index in [1.807, 2.05) is 12.1 Å². The Balaban J connectivity index is 1.87. The molecule has 1 fully saturated rings. The summed E-state index contributed by atoms with van der Waals surface area (Å²) in [4.78, 5) is 0. The van der Waals surface area contributed by atoms with Gasteiger partial charge in [0.05, 0.1) is 6.04 Å². The SMILES string of the molecule is CCc1cc(Br)ccc1NC(c1ccc(Cl)cc1)C1CC1. The largest absolute Gasteiger partial charge is 0.378 e. The standard InChI is InChI=1S/C18H19BrClN/c1-2-12-11-15(19)7-10-17(12)21-18(13-3-4-13)14-5-8-16(20)9-6-14/h5-11,13,18,21H,2-4H2,1H3. The molecule has 0 amide bonds. The first kappa shape index (κ1) is 14.9. The Morgan fingerprint density at radius 2 is 1.90 bits per heavy atom. The summed E-state index contributed by atoms with van der Waals surface area (Å²) in [5.41, 5.74) is 3.92. The van der Waals surface area contributed by atoms with E-state index in [0.29, 0.717) is 6.04 Å². The van der Waals surface area contributed by atoms with E-state index in [9.17, 15) is 0 Å². The van der Waals surface area contributed by atoms with Crippen LogP contribution >= 0.6 is 27.5 Å². The molecule has 0 bridgehead atoms. The molecule has 1 N–H and O–H groups in total. The van der Waals surface area contributed by atoms with Crippen LogP contribution in [0.5, 0.6) is 0 Å². The van der Waals surface area contributed by atoms with Crippen molar-refractivity contribution in [3.05, 3.63) is 63.1 Å². The summed E-state index contributed by atoms with van der Waals surface area (Å²) in [6.45, 7) is 2.20. The molecule has 21 heavy (non-hydrogen) atoms. The Labute approximate surface area is 139 Å². The third kappa shape index (κ3) is 3.61. The van der Waals surface area contributed by atoms with E-state index < -0.39 is 0 Å². The molecule has 0 aliphatic heterocycles. The molecule has 1 nitrogen and oxygen atoms in total. The minimum atomic E-state index is 0.383. The lowest BCUT2D eigenvalue weighted by Gasteiger charge is -2.22. The lowest BCUT2D eigenvalue weighted by Crippen LogP contribution is -2.14. The second kappa shape index (κ2) is 6.41. The first-order valence-corrected chi connectivity index (χ1v) is 8.65. The van der Waals surface area contributed by atoms with E-state index in [-0.39, 0.29) is 0 Å². The van der Waals surface area contributed by atoms with Crippen molar-refractivity contribution in [2.75, 3.05) is 5.32 Å². The van der Waals surface area contributed by atoms with Gasteiger partial charge in [-0.15, -0.1) is 0 Å². The van der Waals surface area contributed by atoms with Crippen molar-refractivity contribution in [2.24, 2.45) is 5.92 Å². The van der Waals surface area contributed by atoms with Crippen LogP contribution in [0.15, 0.2) is 46.9 Å². The predicted molar refractivity (Wildman–Crippen MR) is 94.1 cm³/mol. The molecule has 0 radical (unpaired) electrons. The smallest absolute Gasteiger partial charge is 0.0542 e. The van der Waals surface area contributed by atoms with E-state index in [1.54, 1.807) is 0 Å². The van der Waals surface area contributed by atoms with E-state index in [1.165, 1.54) is 29.7 Å². The molecule has 0 aromatic heterocycles. The number of aryl methyl sites for hydroxylation is 1. The molecule has 0 saturated heterocycles. The van der Waals surface area contributed by atoms with Crippen LogP contribution in [-0.2, 0) is 6.42 Å². The van der Waals surface area contributed by atoms with Crippen LogP contribution in [0.1, 0.15) is 36.9 Å². The van der Waals surface area contributed by atoms with Crippen LogP contribution in [0.25, 0.3) is 0 Å². The summed E-state index contributed by atoms with van der Waals surface area (Å²) in [6.07, 6.45) is 3.64. The van der Waals surface area contributed by atoms with E-state index in [2.05, 4.69) is 58.5 Å². The molecule has 2 aromatic rings. The van der Waals surface area contributed by atoms with Crippen molar-refractivity contribution in [2.45, 2.75) is 32.2 Å². The fourth-order valence-electron chi connectivity index (χ4n) is 2.74. The zero-order chi connectivity index (χ0) is 14.8. The second-order valence-corrected chi connectivity index (χ2v) is 7.02. The third-order valence-corrected chi connectivity index (χ3v) is 4.83. The van der Waals surface area contributed by atoms with E-state index >= 15 is 0 Å². The third-order valence-electron chi connectivity index (χ3n) is 4.08. The minimum Gasteiger partial charge on any atom is -0.378 e. The molecule has 0 heterocycles. The summed E-state index contributed by atoms with van der Waals surface area (Å²) in [6, 6.07) is 15.1. The molecule has 1 atom stereocenters. The van der Waals surface area contributed by atoms with Gasteiger partial charge in [-0.3, -0.25) is 0 Å².